The van der Waals surface area contributed by atoms with Crippen LogP contribution in [0, 0.1) is 0 Å². The van der Waals surface area contributed by atoms with Gasteiger partial charge in [-0.2, -0.15) is 0 Å². The van der Waals surface area contributed by atoms with Gasteiger partial charge in [0.1, 0.15) is 0 Å². The van der Waals surface area contributed by atoms with Gasteiger partial charge in [0, 0.05) is 32.7 Å². The average Bonchev–Trinajstić information content (AvgIpc) is 2.52. The minimum absolute atomic E-state index is 0. The molecule has 1 aliphatic rings. The number of ether oxygens (including phenoxy) is 1. The number of morpholine rings is 1. The van der Waals surface area contributed by atoms with Gasteiger partial charge >= 0.3 is 0 Å². The SMILES string of the molecule is CCNC(=NCC(C)(O)CN1CCOCC1)NCCS(=O)(=O)C(C)(C)C.I. The number of sulfone groups is 1. The second-order valence-corrected chi connectivity index (χ2v) is 10.8. The molecule has 0 saturated carbocycles. The number of nitrogens with one attached hydrogen (secondary N) is 2. The maximum absolute atomic E-state index is 12.2. The van der Waals surface area contributed by atoms with Crippen molar-refractivity contribution in [1.29, 1.82) is 0 Å². The highest BCUT2D eigenvalue weighted by molar-refractivity contribution is 14.0. The fourth-order valence-corrected chi connectivity index (χ4v) is 3.48. The van der Waals surface area contributed by atoms with E-state index in [0.717, 1.165) is 13.1 Å². The molecular weight excluding hydrogens is 483 g/mol. The fourth-order valence-electron chi connectivity index (χ4n) is 2.49. The lowest BCUT2D eigenvalue weighted by atomic mass is 10.1. The number of rotatable bonds is 8. The average molecular weight is 520 g/mol. The van der Waals surface area contributed by atoms with E-state index in [1.807, 2.05) is 6.92 Å². The summed E-state index contributed by atoms with van der Waals surface area (Å²) in [7, 11) is -3.18. The third-order valence-corrected chi connectivity index (χ3v) is 6.79. The molecule has 1 fully saturated rings. The molecule has 0 spiro atoms. The first-order valence-corrected chi connectivity index (χ1v) is 10.9. The molecule has 1 heterocycles. The summed E-state index contributed by atoms with van der Waals surface area (Å²) in [5.74, 6) is 0.546. The van der Waals surface area contributed by atoms with Gasteiger partial charge in [0.2, 0.25) is 0 Å². The molecule has 10 heteroatoms. The standard InChI is InChI=1S/C17H36N4O4S.HI/c1-6-18-15(19-7-12-26(23,24)16(2,3)4)20-13-17(5,22)14-21-8-10-25-11-9-21;/h22H,6-14H2,1-5H3,(H2,18,19,20);1H. The van der Waals surface area contributed by atoms with Crippen molar-refractivity contribution in [2.45, 2.75) is 45.0 Å². The molecule has 1 atom stereocenters. The van der Waals surface area contributed by atoms with Gasteiger partial charge in [-0.15, -0.1) is 24.0 Å². The van der Waals surface area contributed by atoms with E-state index in [1.165, 1.54) is 0 Å². The normalized spacial score (nSPS) is 19.1. The molecule has 0 radical (unpaired) electrons. The first-order chi connectivity index (χ1) is 12.0. The monoisotopic (exact) mass is 520 g/mol. The molecule has 0 aromatic heterocycles. The van der Waals surface area contributed by atoms with E-state index in [4.69, 9.17) is 4.74 Å². The second kappa shape index (κ2) is 11.7. The third kappa shape index (κ3) is 10.2. The van der Waals surface area contributed by atoms with Crippen molar-refractivity contribution in [3.63, 3.8) is 0 Å². The lowest BCUT2D eigenvalue weighted by Gasteiger charge is -2.33. The van der Waals surface area contributed by atoms with Gasteiger partial charge in [0.25, 0.3) is 0 Å². The molecule has 0 amide bonds. The van der Waals surface area contributed by atoms with Crippen LogP contribution >= 0.6 is 24.0 Å². The maximum atomic E-state index is 12.2. The molecule has 0 aliphatic carbocycles. The molecule has 162 valence electrons. The van der Waals surface area contributed by atoms with Crippen LogP contribution in [0.2, 0.25) is 0 Å². The first kappa shape index (κ1) is 26.8. The number of hydrogen-bond acceptors (Lipinski definition) is 6. The van der Waals surface area contributed by atoms with Crippen molar-refractivity contribution in [3.8, 4) is 0 Å². The number of aliphatic imine (C=N–C) groups is 1. The molecular formula is C17H37IN4O4S. The summed E-state index contributed by atoms with van der Waals surface area (Å²) in [6.07, 6.45) is 0. The van der Waals surface area contributed by atoms with Crippen LogP contribution in [-0.4, -0.2) is 93.0 Å². The molecule has 1 unspecified atom stereocenters. The molecule has 0 aromatic carbocycles. The zero-order chi connectivity index (χ0) is 19.8. The van der Waals surface area contributed by atoms with Crippen LogP contribution in [0.15, 0.2) is 4.99 Å². The van der Waals surface area contributed by atoms with E-state index in [0.29, 0.717) is 32.3 Å². The molecule has 1 aliphatic heterocycles. The zero-order valence-corrected chi connectivity index (χ0v) is 20.4. The summed E-state index contributed by atoms with van der Waals surface area (Å²) in [6.45, 7) is 13.5. The molecule has 0 aromatic rings. The Morgan fingerprint density at radius 1 is 1.19 bits per heavy atom. The predicted octanol–water partition coefficient (Wildman–Crippen LogP) is 0.456. The van der Waals surface area contributed by atoms with Gasteiger partial charge in [-0.1, -0.05) is 0 Å². The number of β-amino-alcohol motifs (C(OH)–C–C–N with tert-alkyl or cyclic N) is 1. The minimum Gasteiger partial charge on any atom is -0.387 e. The Kier molecular flexibility index (Phi) is 11.7. The van der Waals surface area contributed by atoms with E-state index in [9.17, 15) is 13.5 Å². The second-order valence-electron chi connectivity index (χ2n) is 7.94. The maximum Gasteiger partial charge on any atom is 0.191 e. The number of hydrogen-bond donors (Lipinski definition) is 3. The van der Waals surface area contributed by atoms with Gasteiger partial charge < -0.3 is 20.5 Å². The number of guanidine groups is 1. The highest BCUT2D eigenvalue weighted by atomic mass is 127. The molecule has 27 heavy (non-hydrogen) atoms. The van der Waals surface area contributed by atoms with E-state index in [1.54, 1.807) is 27.7 Å². The van der Waals surface area contributed by atoms with Gasteiger partial charge in [0.15, 0.2) is 15.8 Å². The fraction of sp³-hybridized carbons (Fsp3) is 0.941. The summed E-state index contributed by atoms with van der Waals surface area (Å²) in [4.78, 5) is 6.59. The van der Waals surface area contributed by atoms with Crippen molar-refractivity contribution in [2.75, 3.05) is 58.2 Å². The van der Waals surface area contributed by atoms with E-state index in [-0.39, 0.29) is 42.8 Å². The number of halogens is 1. The summed E-state index contributed by atoms with van der Waals surface area (Å²) >= 11 is 0. The number of nitrogens with zero attached hydrogens (tertiary/aromatic N) is 2. The quantitative estimate of drug-likeness (QED) is 0.243. The van der Waals surface area contributed by atoms with E-state index in [2.05, 4.69) is 20.5 Å². The minimum atomic E-state index is -3.18. The van der Waals surface area contributed by atoms with Crippen molar-refractivity contribution < 1.29 is 18.3 Å². The van der Waals surface area contributed by atoms with E-state index < -0.39 is 20.2 Å². The smallest absolute Gasteiger partial charge is 0.191 e. The highest BCUT2D eigenvalue weighted by Gasteiger charge is 2.28. The molecule has 1 saturated heterocycles. The summed E-state index contributed by atoms with van der Waals surface area (Å²) in [6, 6.07) is 0. The van der Waals surface area contributed by atoms with Crippen LogP contribution < -0.4 is 10.6 Å². The molecule has 3 N–H and O–H groups in total. The molecule has 0 bridgehead atoms. The Bertz CT molecular complexity index is 556. The van der Waals surface area contributed by atoms with Crippen molar-refractivity contribution in [1.82, 2.24) is 15.5 Å². The Balaban J connectivity index is 0.00000676. The van der Waals surface area contributed by atoms with Crippen LogP contribution in [0.25, 0.3) is 0 Å². The Morgan fingerprint density at radius 2 is 1.78 bits per heavy atom. The lowest BCUT2D eigenvalue weighted by molar-refractivity contribution is -0.0179. The largest absolute Gasteiger partial charge is 0.387 e. The van der Waals surface area contributed by atoms with Crippen molar-refractivity contribution >= 4 is 39.8 Å². The van der Waals surface area contributed by atoms with Crippen LogP contribution in [0.1, 0.15) is 34.6 Å². The Labute approximate surface area is 181 Å². The highest BCUT2D eigenvalue weighted by Crippen LogP contribution is 2.15. The summed E-state index contributed by atoms with van der Waals surface area (Å²) < 4.78 is 28.9. The molecule has 8 nitrogen and oxygen atoms in total. The zero-order valence-electron chi connectivity index (χ0n) is 17.2. The first-order valence-electron chi connectivity index (χ1n) is 9.24. The van der Waals surface area contributed by atoms with Crippen LogP contribution in [0.4, 0.5) is 0 Å². The predicted molar refractivity (Wildman–Crippen MR) is 121 cm³/mol. The van der Waals surface area contributed by atoms with Crippen molar-refractivity contribution in [2.24, 2.45) is 4.99 Å². The Hall–Kier alpha value is -0.170. The third-order valence-electron chi connectivity index (χ3n) is 4.19. The van der Waals surface area contributed by atoms with Crippen LogP contribution in [0.3, 0.4) is 0 Å². The Morgan fingerprint density at radius 3 is 2.30 bits per heavy atom. The van der Waals surface area contributed by atoms with Gasteiger partial charge in [-0.05, 0) is 34.6 Å². The topological polar surface area (TPSA) is 103 Å². The van der Waals surface area contributed by atoms with Gasteiger partial charge in [-0.25, -0.2) is 8.42 Å². The van der Waals surface area contributed by atoms with Gasteiger partial charge in [0.05, 0.1) is 35.9 Å². The van der Waals surface area contributed by atoms with Crippen LogP contribution in [0.5, 0.6) is 0 Å². The van der Waals surface area contributed by atoms with Crippen LogP contribution in [-0.2, 0) is 14.6 Å². The lowest BCUT2D eigenvalue weighted by Crippen LogP contribution is -2.48. The number of aliphatic hydroxyl groups is 1. The van der Waals surface area contributed by atoms with Crippen molar-refractivity contribution in [3.05, 3.63) is 0 Å². The van der Waals surface area contributed by atoms with Gasteiger partial charge in [-0.3, -0.25) is 9.89 Å². The van der Waals surface area contributed by atoms with E-state index >= 15 is 0 Å². The molecule has 1 rings (SSSR count). The summed E-state index contributed by atoms with van der Waals surface area (Å²) in [5.41, 5.74) is -0.961. The summed E-state index contributed by atoms with van der Waals surface area (Å²) in [5, 5.41) is 16.7.